The smallest absolute Gasteiger partial charge is 0.378 e. The summed E-state index contributed by atoms with van der Waals surface area (Å²) in [4.78, 5) is 17.1. The predicted octanol–water partition coefficient (Wildman–Crippen LogP) is 4.03. The lowest BCUT2D eigenvalue weighted by Gasteiger charge is -2.27. The van der Waals surface area contributed by atoms with Gasteiger partial charge < -0.3 is 14.9 Å². The van der Waals surface area contributed by atoms with Crippen LogP contribution in [0.2, 0.25) is 0 Å². The summed E-state index contributed by atoms with van der Waals surface area (Å²) in [6, 6.07) is 16.1. The second kappa shape index (κ2) is 11.6. The zero-order valence-corrected chi connectivity index (χ0v) is 21.9. The maximum Gasteiger partial charge on any atom is 0.435 e. The van der Waals surface area contributed by atoms with Gasteiger partial charge in [0.15, 0.2) is 5.69 Å². The molecule has 0 fully saturated rings. The van der Waals surface area contributed by atoms with Gasteiger partial charge in [0.05, 0.1) is 12.6 Å². The molecule has 2 N–H and O–H groups in total. The third-order valence-electron chi connectivity index (χ3n) is 6.93. The fraction of sp³-hybridized carbons (Fsp3) is 0.429. The van der Waals surface area contributed by atoms with Crippen LogP contribution in [0, 0.1) is 0 Å². The fourth-order valence-electron chi connectivity index (χ4n) is 4.90. The van der Waals surface area contributed by atoms with Crippen LogP contribution in [0.1, 0.15) is 35.4 Å². The summed E-state index contributed by atoms with van der Waals surface area (Å²) < 4.78 is 42.0. The molecule has 4 rings (SSSR count). The summed E-state index contributed by atoms with van der Waals surface area (Å²) >= 11 is 0. The number of aliphatic hydroxyl groups excluding tert-OH is 1. The van der Waals surface area contributed by atoms with Gasteiger partial charge in [0.25, 0.3) is 0 Å². The molecule has 7 nitrogen and oxygen atoms in total. The van der Waals surface area contributed by atoms with E-state index < -0.39 is 24.1 Å². The van der Waals surface area contributed by atoms with E-state index in [2.05, 4.69) is 10.4 Å². The molecule has 0 aliphatic heterocycles. The number of fused-ring (bicyclic) bond motifs is 1. The van der Waals surface area contributed by atoms with E-state index in [0.717, 1.165) is 17.7 Å². The van der Waals surface area contributed by atoms with Crippen LogP contribution in [0.25, 0.3) is 0 Å². The van der Waals surface area contributed by atoms with Crippen LogP contribution in [0.15, 0.2) is 54.6 Å². The molecule has 1 heterocycles. The van der Waals surface area contributed by atoms with Gasteiger partial charge in [-0.15, -0.1) is 0 Å². The van der Waals surface area contributed by atoms with Crippen molar-refractivity contribution in [3.05, 3.63) is 77.1 Å². The molecule has 2 unspecified atom stereocenters. The molecule has 1 amide bonds. The van der Waals surface area contributed by atoms with Crippen molar-refractivity contribution in [3.8, 4) is 0 Å². The number of carbonyl (C=O) groups excluding carboxylic acids is 1. The maximum atomic E-state index is 13.6. The molecular formula is C28H34F3N5O2. The molecule has 0 saturated heterocycles. The number of aliphatic hydroxyl groups is 1. The van der Waals surface area contributed by atoms with Crippen LogP contribution in [0.4, 0.5) is 24.5 Å². The quantitative estimate of drug-likeness (QED) is 0.410. The Morgan fingerprint density at radius 3 is 2.29 bits per heavy atom. The van der Waals surface area contributed by atoms with E-state index in [1.807, 2.05) is 73.6 Å². The first-order valence-electron chi connectivity index (χ1n) is 12.7. The van der Waals surface area contributed by atoms with Crippen molar-refractivity contribution in [1.82, 2.24) is 15.1 Å². The number of hydrogen-bond donors (Lipinski definition) is 2. The molecule has 0 saturated carbocycles. The Bertz CT molecular complexity index is 1230. The molecule has 0 radical (unpaired) electrons. The molecule has 0 bridgehead atoms. The highest BCUT2D eigenvalue weighted by atomic mass is 19.4. The third-order valence-corrected chi connectivity index (χ3v) is 6.93. The van der Waals surface area contributed by atoms with Gasteiger partial charge in [0, 0.05) is 43.8 Å². The van der Waals surface area contributed by atoms with Crippen LogP contribution in [-0.4, -0.2) is 54.2 Å². The lowest BCUT2D eigenvalue weighted by molar-refractivity contribution is -0.142. The average molecular weight is 530 g/mol. The molecule has 1 aromatic heterocycles. The number of halogens is 3. The number of anilines is 2. The van der Waals surface area contributed by atoms with Gasteiger partial charge in [-0.3, -0.25) is 14.8 Å². The number of nitrogens with zero attached hydrogens (tertiary/aromatic N) is 4. The SMILES string of the molecule is CN(C)c1ccc(N(C)C(=O)C(Cc2ccccc2)NC(O)Cn2nc(C(F)(F)F)c3c2CCCC3)cc1. The lowest BCUT2D eigenvalue weighted by atomic mass is 9.95. The van der Waals surface area contributed by atoms with Crippen molar-refractivity contribution >= 4 is 17.3 Å². The average Bonchev–Trinajstić information content (AvgIpc) is 3.27. The number of nitrogens with one attached hydrogen (secondary N) is 1. The Kier molecular flexibility index (Phi) is 8.42. The molecule has 3 aromatic rings. The minimum Gasteiger partial charge on any atom is -0.378 e. The first-order valence-corrected chi connectivity index (χ1v) is 12.7. The molecule has 0 spiro atoms. The number of aromatic nitrogens is 2. The summed E-state index contributed by atoms with van der Waals surface area (Å²) in [6.45, 7) is -0.196. The number of benzene rings is 2. The second-order valence-corrected chi connectivity index (χ2v) is 9.89. The van der Waals surface area contributed by atoms with E-state index in [1.54, 1.807) is 7.05 Å². The highest BCUT2D eigenvalue weighted by Crippen LogP contribution is 2.35. The number of carbonyl (C=O) groups is 1. The topological polar surface area (TPSA) is 73.6 Å². The molecule has 2 aromatic carbocycles. The van der Waals surface area contributed by atoms with E-state index in [0.29, 0.717) is 37.1 Å². The standard InChI is InChI=1S/C28H34F3N5O2/c1-34(2)20-13-15-21(16-14-20)35(3)27(38)23(17-19-9-5-4-6-10-19)32-25(37)18-36-24-12-8-7-11-22(24)26(33-36)28(29,30)31/h4-6,9-10,13-16,23,25,32,37H,7-8,11-12,17-18H2,1-3H3. The summed E-state index contributed by atoms with van der Waals surface area (Å²) in [6.07, 6.45) is -3.30. The molecule has 204 valence electrons. The van der Waals surface area contributed by atoms with Crippen molar-refractivity contribution in [1.29, 1.82) is 0 Å². The monoisotopic (exact) mass is 529 g/mol. The number of alkyl halides is 3. The van der Waals surface area contributed by atoms with E-state index in [9.17, 15) is 23.1 Å². The van der Waals surface area contributed by atoms with Gasteiger partial charge in [-0.1, -0.05) is 30.3 Å². The van der Waals surface area contributed by atoms with Crippen LogP contribution in [0.3, 0.4) is 0 Å². The minimum atomic E-state index is -4.55. The van der Waals surface area contributed by atoms with Crippen molar-refractivity contribution in [3.63, 3.8) is 0 Å². The molecular weight excluding hydrogens is 495 g/mol. The molecule has 10 heteroatoms. The number of amides is 1. The van der Waals surface area contributed by atoms with Gasteiger partial charge in [-0.2, -0.15) is 18.3 Å². The Morgan fingerprint density at radius 2 is 1.66 bits per heavy atom. The first kappa shape index (κ1) is 27.7. The van der Waals surface area contributed by atoms with Crippen molar-refractivity contribution in [2.45, 2.75) is 57.1 Å². The maximum absolute atomic E-state index is 13.6. The van der Waals surface area contributed by atoms with Gasteiger partial charge in [0.1, 0.15) is 6.23 Å². The van der Waals surface area contributed by atoms with Crippen LogP contribution in [-0.2, 0) is 36.8 Å². The summed E-state index contributed by atoms with van der Waals surface area (Å²) in [5, 5.41) is 17.7. The number of likely N-dealkylation sites (N-methyl/N-ethyl adjacent to an activating group) is 1. The third kappa shape index (κ3) is 6.36. The molecule has 1 aliphatic carbocycles. The highest BCUT2D eigenvalue weighted by molar-refractivity contribution is 5.97. The minimum absolute atomic E-state index is 0.196. The number of rotatable bonds is 9. The highest BCUT2D eigenvalue weighted by Gasteiger charge is 2.39. The van der Waals surface area contributed by atoms with Crippen molar-refractivity contribution in [2.75, 3.05) is 30.9 Å². The lowest BCUT2D eigenvalue weighted by Crippen LogP contribution is -2.51. The largest absolute Gasteiger partial charge is 0.435 e. The zero-order valence-electron chi connectivity index (χ0n) is 21.9. The molecule has 1 aliphatic rings. The van der Waals surface area contributed by atoms with Crippen molar-refractivity contribution in [2.24, 2.45) is 0 Å². The van der Waals surface area contributed by atoms with E-state index >= 15 is 0 Å². The first-order chi connectivity index (χ1) is 18.0. The van der Waals surface area contributed by atoms with Gasteiger partial charge in [-0.25, -0.2) is 0 Å². The van der Waals surface area contributed by atoms with Crippen molar-refractivity contribution < 1.29 is 23.1 Å². The molecule has 38 heavy (non-hydrogen) atoms. The second-order valence-electron chi connectivity index (χ2n) is 9.89. The Balaban J connectivity index is 1.55. The van der Waals surface area contributed by atoms with Crippen LogP contribution in [0.5, 0.6) is 0 Å². The van der Waals surface area contributed by atoms with Gasteiger partial charge in [0.2, 0.25) is 5.91 Å². The van der Waals surface area contributed by atoms with Crippen LogP contribution >= 0.6 is 0 Å². The Morgan fingerprint density at radius 1 is 1.03 bits per heavy atom. The predicted molar refractivity (Wildman–Crippen MR) is 141 cm³/mol. The van der Waals surface area contributed by atoms with E-state index in [-0.39, 0.29) is 18.0 Å². The van der Waals surface area contributed by atoms with Gasteiger partial charge >= 0.3 is 6.18 Å². The summed E-state index contributed by atoms with van der Waals surface area (Å²) in [5.41, 5.74) is 2.41. The van der Waals surface area contributed by atoms with Gasteiger partial charge in [-0.05, 0) is 61.9 Å². The molecule has 2 atom stereocenters. The van der Waals surface area contributed by atoms with Crippen LogP contribution < -0.4 is 15.1 Å². The number of hydrogen-bond acceptors (Lipinski definition) is 5. The summed E-state index contributed by atoms with van der Waals surface area (Å²) in [7, 11) is 5.53. The Hall–Kier alpha value is -3.37. The Labute approximate surface area is 220 Å². The summed E-state index contributed by atoms with van der Waals surface area (Å²) in [5.74, 6) is -0.274. The zero-order chi connectivity index (χ0) is 27.4. The van der Waals surface area contributed by atoms with E-state index in [1.165, 1.54) is 9.58 Å². The fourth-order valence-corrected chi connectivity index (χ4v) is 4.90. The van der Waals surface area contributed by atoms with E-state index in [4.69, 9.17) is 0 Å². The normalized spacial score (nSPS) is 15.0.